The van der Waals surface area contributed by atoms with Gasteiger partial charge in [-0.25, -0.2) is 13.1 Å². The minimum Gasteiger partial charge on any atom is -0.381 e. The van der Waals surface area contributed by atoms with Crippen molar-refractivity contribution in [3.05, 3.63) is 24.3 Å². The van der Waals surface area contributed by atoms with Crippen LogP contribution in [0.5, 0.6) is 0 Å². The largest absolute Gasteiger partial charge is 0.381 e. The lowest BCUT2D eigenvalue weighted by Gasteiger charge is -2.33. The first-order valence-corrected chi connectivity index (χ1v) is 9.26. The van der Waals surface area contributed by atoms with Crippen molar-refractivity contribution in [3.63, 3.8) is 0 Å². The second-order valence-corrected chi connectivity index (χ2v) is 7.99. The van der Waals surface area contributed by atoms with E-state index in [4.69, 9.17) is 0 Å². The van der Waals surface area contributed by atoms with Crippen molar-refractivity contribution in [2.24, 2.45) is 11.8 Å². The van der Waals surface area contributed by atoms with Gasteiger partial charge in [-0.2, -0.15) is 0 Å². The lowest BCUT2D eigenvalue weighted by atomic mass is 9.80. The Balaban J connectivity index is 2.21. The molecule has 1 aliphatic rings. The Morgan fingerprint density at radius 1 is 1.10 bits per heavy atom. The average molecular weight is 310 g/mol. The Morgan fingerprint density at radius 3 is 2.33 bits per heavy atom. The minimum absolute atomic E-state index is 0.345. The van der Waals surface area contributed by atoms with Gasteiger partial charge in [0.05, 0.1) is 5.69 Å². The summed E-state index contributed by atoms with van der Waals surface area (Å²) in [4.78, 5) is 0.345. The zero-order chi connectivity index (χ0) is 15.5. The molecule has 5 heteroatoms. The van der Waals surface area contributed by atoms with Crippen LogP contribution in [0.1, 0.15) is 40.0 Å². The fourth-order valence-electron chi connectivity index (χ4n) is 3.37. The molecule has 1 fully saturated rings. The molecule has 2 unspecified atom stereocenters. The Labute approximate surface area is 128 Å². The van der Waals surface area contributed by atoms with E-state index in [1.165, 1.54) is 6.42 Å². The first-order chi connectivity index (χ1) is 9.92. The SMILES string of the molecule is CCNS(=O)(=O)c1ccccc1NC1CC(C)CC(C)C1. The second-order valence-electron chi connectivity index (χ2n) is 6.26. The molecule has 2 rings (SSSR count). The number of para-hydroxylation sites is 1. The Bertz CT molecular complexity index is 561. The predicted molar refractivity (Wildman–Crippen MR) is 86.9 cm³/mol. The van der Waals surface area contributed by atoms with E-state index in [0.717, 1.165) is 12.8 Å². The van der Waals surface area contributed by atoms with Crippen LogP contribution in [0.3, 0.4) is 0 Å². The summed E-state index contributed by atoms with van der Waals surface area (Å²) in [6, 6.07) is 7.51. The van der Waals surface area contributed by atoms with Gasteiger partial charge in [-0.15, -0.1) is 0 Å². The smallest absolute Gasteiger partial charge is 0.242 e. The summed E-state index contributed by atoms with van der Waals surface area (Å²) in [6.07, 6.45) is 3.45. The molecule has 0 aliphatic heterocycles. The molecule has 0 radical (unpaired) electrons. The van der Waals surface area contributed by atoms with Gasteiger partial charge in [0, 0.05) is 12.6 Å². The van der Waals surface area contributed by atoms with Gasteiger partial charge >= 0.3 is 0 Å². The number of hydrogen-bond acceptors (Lipinski definition) is 3. The molecule has 21 heavy (non-hydrogen) atoms. The van der Waals surface area contributed by atoms with E-state index >= 15 is 0 Å². The summed E-state index contributed by atoms with van der Waals surface area (Å²) in [5.41, 5.74) is 0.713. The van der Waals surface area contributed by atoms with Crippen molar-refractivity contribution >= 4 is 15.7 Å². The quantitative estimate of drug-likeness (QED) is 0.878. The number of hydrogen-bond donors (Lipinski definition) is 2. The van der Waals surface area contributed by atoms with Crippen molar-refractivity contribution in [1.82, 2.24) is 4.72 Å². The van der Waals surface area contributed by atoms with Crippen LogP contribution in [0.2, 0.25) is 0 Å². The molecule has 4 nitrogen and oxygen atoms in total. The number of benzene rings is 1. The van der Waals surface area contributed by atoms with E-state index in [1.54, 1.807) is 19.1 Å². The zero-order valence-corrected chi connectivity index (χ0v) is 13.9. The van der Waals surface area contributed by atoms with Crippen LogP contribution in [0.15, 0.2) is 29.2 Å². The van der Waals surface area contributed by atoms with Crippen LogP contribution < -0.4 is 10.0 Å². The molecule has 1 aromatic rings. The number of anilines is 1. The molecule has 2 atom stereocenters. The van der Waals surface area contributed by atoms with E-state index in [2.05, 4.69) is 23.9 Å². The summed E-state index contributed by atoms with van der Waals surface area (Å²) < 4.78 is 27.1. The maximum absolute atomic E-state index is 12.3. The lowest BCUT2D eigenvalue weighted by Crippen LogP contribution is -2.31. The molecule has 0 saturated heterocycles. The topological polar surface area (TPSA) is 58.2 Å². The van der Waals surface area contributed by atoms with Gasteiger partial charge < -0.3 is 5.32 Å². The monoisotopic (exact) mass is 310 g/mol. The van der Waals surface area contributed by atoms with Crippen molar-refractivity contribution in [1.29, 1.82) is 0 Å². The van der Waals surface area contributed by atoms with E-state index in [-0.39, 0.29) is 0 Å². The molecule has 0 amide bonds. The van der Waals surface area contributed by atoms with Crippen LogP contribution in [0, 0.1) is 11.8 Å². The second kappa shape index (κ2) is 6.79. The molecule has 0 heterocycles. The fraction of sp³-hybridized carbons (Fsp3) is 0.625. The molecular formula is C16H26N2O2S. The van der Waals surface area contributed by atoms with Gasteiger partial charge in [-0.1, -0.05) is 32.9 Å². The third-order valence-corrected chi connectivity index (χ3v) is 5.65. The summed E-state index contributed by atoms with van der Waals surface area (Å²) in [6.45, 7) is 6.73. The van der Waals surface area contributed by atoms with Crippen molar-refractivity contribution < 1.29 is 8.42 Å². The molecule has 1 aliphatic carbocycles. The average Bonchev–Trinajstić information content (AvgIpc) is 2.37. The van der Waals surface area contributed by atoms with Crippen molar-refractivity contribution in [2.45, 2.75) is 51.0 Å². The van der Waals surface area contributed by atoms with Gasteiger partial charge in [-0.3, -0.25) is 0 Å². The Hall–Kier alpha value is -1.07. The summed E-state index contributed by atoms with van der Waals surface area (Å²) in [5, 5.41) is 3.46. The normalized spacial score (nSPS) is 26.5. The third-order valence-electron chi connectivity index (χ3n) is 4.05. The van der Waals surface area contributed by atoms with Crippen molar-refractivity contribution in [2.75, 3.05) is 11.9 Å². The zero-order valence-electron chi connectivity index (χ0n) is 13.1. The maximum Gasteiger partial charge on any atom is 0.242 e. The molecular weight excluding hydrogens is 284 g/mol. The Morgan fingerprint density at radius 2 is 1.71 bits per heavy atom. The minimum atomic E-state index is -3.43. The fourth-order valence-corrected chi connectivity index (χ4v) is 4.58. The van der Waals surface area contributed by atoms with Crippen LogP contribution in [-0.4, -0.2) is 21.0 Å². The van der Waals surface area contributed by atoms with E-state index in [0.29, 0.717) is 35.0 Å². The molecule has 118 valence electrons. The van der Waals surface area contributed by atoms with Crippen LogP contribution in [0.25, 0.3) is 0 Å². The standard InChI is InChI=1S/C16H26N2O2S/c1-4-17-21(19,20)16-8-6-5-7-15(16)18-14-10-12(2)9-13(3)11-14/h5-8,12-14,17-18H,4,9-11H2,1-3H3. The Kier molecular flexibility index (Phi) is 5.27. The highest BCUT2D eigenvalue weighted by atomic mass is 32.2. The molecule has 0 spiro atoms. The highest BCUT2D eigenvalue weighted by Gasteiger charge is 2.25. The summed E-state index contributed by atoms with van der Waals surface area (Å²) in [5.74, 6) is 1.37. The molecule has 1 aromatic carbocycles. The van der Waals surface area contributed by atoms with Crippen LogP contribution in [-0.2, 0) is 10.0 Å². The van der Waals surface area contributed by atoms with Gasteiger partial charge in [-0.05, 0) is 43.2 Å². The van der Waals surface area contributed by atoms with E-state index in [9.17, 15) is 8.42 Å². The van der Waals surface area contributed by atoms with Gasteiger partial charge in [0.25, 0.3) is 0 Å². The van der Waals surface area contributed by atoms with Crippen molar-refractivity contribution in [3.8, 4) is 0 Å². The molecule has 2 N–H and O–H groups in total. The third kappa shape index (κ3) is 4.20. The molecule has 0 bridgehead atoms. The summed E-state index contributed by atoms with van der Waals surface area (Å²) >= 11 is 0. The maximum atomic E-state index is 12.3. The predicted octanol–water partition coefficient (Wildman–Crippen LogP) is 3.22. The van der Waals surface area contributed by atoms with E-state index in [1.807, 2.05) is 12.1 Å². The van der Waals surface area contributed by atoms with Crippen LogP contribution >= 0.6 is 0 Å². The first kappa shape index (κ1) is 16.3. The number of rotatable bonds is 5. The van der Waals surface area contributed by atoms with Gasteiger partial charge in [0.2, 0.25) is 10.0 Å². The molecule has 0 aromatic heterocycles. The van der Waals surface area contributed by atoms with Crippen LogP contribution in [0.4, 0.5) is 5.69 Å². The number of nitrogens with one attached hydrogen (secondary N) is 2. The highest BCUT2D eigenvalue weighted by molar-refractivity contribution is 7.89. The lowest BCUT2D eigenvalue weighted by molar-refractivity contribution is 0.280. The van der Waals surface area contributed by atoms with E-state index < -0.39 is 10.0 Å². The van der Waals surface area contributed by atoms with Gasteiger partial charge in [0.1, 0.15) is 4.90 Å². The number of sulfonamides is 1. The molecule has 1 saturated carbocycles. The summed E-state index contributed by atoms with van der Waals surface area (Å²) in [7, 11) is -3.43. The first-order valence-electron chi connectivity index (χ1n) is 7.77. The highest BCUT2D eigenvalue weighted by Crippen LogP contribution is 2.31. The van der Waals surface area contributed by atoms with Gasteiger partial charge in [0.15, 0.2) is 0 Å².